The molecule has 0 fully saturated rings. The summed E-state index contributed by atoms with van der Waals surface area (Å²) in [7, 11) is 0. The standard InChI is InChI=1S/C9H17ClO/c1-6-8(7(2)10)11-9(3,4)5/h6-7H,1-5H3/b8-6-. The summed E-state index contributed by atoms with van der Waals surface area (Å²) in [6, 6.07) is 0. The van der Waals surface area contributed by atoms with E-state index in [0.717, 1.165) is 5.76 Å². The van der Waals surface area contributed by atoms with Gasteiger partial charge in [-0.05, 0) is 40.7 Å². The topological polar surface area (TPSA) is 9.23 Å². The van der Waals surface area contributed by atoms with Crippen LogP contribution in [-0.4, -0.2) is 11.0 Å². The molecule has 0 bridgehead atoms. The lowest BCUT2D eigenvalue weighted by Crippen LogP contribution is -2.21. The van der Waals surface area contributed by atoms with Gasteiger partial charge >= 0.3 is 0 Å². The Hall–Kier alpha value is -0.170. The molecule has 0 amide bonds. The first-order chi connectivity index (χ1) is 4.87. The van der Waals surface area contributed by atoms with E-state index in [0.29, 0.717) is 0 Å². The van der Waals surface area contributed by atoms with E-state index >= 15 is 0 Å². The van der Waals surface area contributed by atoms with E-state index in [1.54, 1.807) is 0 Å². The monoisotopic (exact) mass is 176 g/mol. The summed E-state index contributed by atoms with van der Waals surface area (Å²) in [5, 5.41) is -0.0424. The fourth-order valence-electron chi connectivity index (χ4n) is 0.723. The van der Waals surface area contributed by atoms with Crippen molar-refractivity contribution in [1.82, 2.24) is 0 Å². The Labute approximate surface area is 74.4 Å². The third-order valence-electron chi connectivity index (χ3n) is 1.10. The third-order valence-corrected chi connectivity index (χ3v) is 1.32. The molecule has 0 spiro atoms. The minimum Gasteiger partial charge on any atom is -0.491 e. The first-order valence-corrected chi connectivity index (χ1v) is 4.29. The Morgan fingerprint density at radius 1 is 1.45 bits per heavy atom. The molecule has 0 radical (unpaired) electrons. The number of hydrogen-bond acceptors (Lipinski definition) is 1. The van der Waals surface area contributed by atoms with Crippen molar-refractivity contribution in [2.75, 3.05) is 0 Å². The van der Waals surface area contributed by atoms with Crippen molar-refractivity contribution in [3.8, 4) is 0 Å². The van der Waals surface area contributed by atoms with Crippen molar-refractivity contribution < 1.29 is 4.74 Å². The summed E-state index contributed by atoms with van der Waals surface area (Å²) in [4.78, 5) is 0. The predicted octanol–water partition coefficient (Wildman–Crippen LogP) is 3.33. The van der Waals surface area contributed by atoms with Gasteiger partial charge < -0.3 is 4.74 Å². The second-order valence-electron chi connectivity index (χ2n) is 3.52. The molecule has 0 aliphatic rings. The minimum absolute atomic E-state index is 0.0424. The molecular weight excluding hydrogens is 160 g/mol. The highest BCUT2D eigenvalue weighted by Crippen LogP contribution is 2.18. The van der Waals surface area contributed by atoms with E-state index in [4.69, 9.17) is 16.3 Å². The second-order valence-corrected chi connectivity index (χ2v) is 4.18. The highest BCUT2D eigenvalue weighted by atomic mass is 35.5. The zero-order chi connectivity index (χ0) is 9.07. The van der Waals surface area contributed by atoms with Gasteiger partial charge in [-0.25, -0.2) is 0 Å². The van der Waals surface area contributed by atoms with E-state index < -0.39 is 0 Å². The molecular formula is C9H17ClO. The van der Waals surface area contributed by atoms with Gasteiger partial charge in [-0.3, -0.25) is 0 Å². The van der Waals surface area contributed by atoms with E-state index in [1.165, 1.54) is 0 Å². The average molecular weight is 177 g/mol. The van der Waals surface area contributed by atoms with Crippen LogP contribution in [0.15, 0.2) is 11.8 Å². The van der Waals surface area contributed by atoms with Crippen LogP contribution in [0, 0.1) is 0 Å². The lowest BCUT2D eigenvalue weighted by Gasteiger charge is -2.24. The molecule has 0 aromatic carbocycles. The van der Waals surface area contributed by atoms with Gasteiger partial charge in [0.1, 0.15) is 11.4 Å². The van der Waals surface area contributed by atoms with Crippen LogP contribution in [0.25, 0.3) is 0 Å². The van der Waals surface area contributed by atoms with Gasteiger partial charge in [0, 0.05) is 0 Å². The highest BCUT2D eigenvalue weighted by Gasteiger charge is 2.15. The summed E-state index contributed by atoms with van der Waals surface area (Å²) < 4.78 is 5.58. The fraction of sp³-hybridized carbons (Fsp3) is 0.778. The Bertz CT molecular complexity index is 142. The summed E-state index contributed by atoms with van der Waals surface area (Å²) >= 11 is 5.86. The van der Waals surface area contributed by atoms with Crippen molar-refractivity contribution >= 4 is 11.6 Å². The van der Waals surface area contributed by atoms with Crippen LogP contribution in [0.3, 0.4) is 0 Å². The van der Waals surface area contributed by atoms with E-state index in [2.05, 4.69) is 0 Å². The van der Waals surface area contributed by atoms with Crippen LogP contribution >= 0.6 is 11.6 Å². The molecule has 1 unspecified atom stereocenters. The summed E-state index contributed by atoms with van der Waals surface area (Å²) in [6.07, 6.45) is 1.91. The molecule has 11 heavy (non-hydrogen) atoms. The molecule has 1 atom stereocenters. The highest BCUT2D eigenvalue weighted by molar-refractivity contribution is 6.21. The number of allylic oxidation sites excluding steroid dienone is 2. The normalized spacial score (nSPS) is 16.4. The predicted molar refractivity (Wildman–Crippen MR) is 49.9 cm³/mol. The Morgan fingerprint density at radius 2 is 1.91 bits per heavy atom. The lowest BCUT2D eigenvalue weighted by atomic mass is 10.2. The van der Waals surface area contributed by atoms with Crippen molar-refractivity contribution in [1.29, 1.82) is 0 Å². The molecule has 2 heteroatoms. The van der Waals surface area contributed by atoms with Crippen LogP contribution in [0.2, 0.25) is 0 Å². The van der Waals surface area contributed by atoms with Crippen molar-refractivity contribution in [3.05, 3.63) is 11.8 Å². The Balaban J connectivity index is 4.12. The number of alkyl halides is 1. The first-order valence-electron chi connectivity index (χ1n) is 3.86. The van der Waals surface area contributed by atoms with Gasteiger partial charge in [-0.1, -0.05) is 0 Å². The number of ether oxygens (including phenoxy) is 1. The first kappa shape index (κ1) is 10.8. The number of halogens is 1. The molecule has 0 saturated heterocycles. The largest absolute Gasteiger partial charge is 0.491 e. The molecule has 0 rings (SSSR count). The van der Waals surface area contributed by atoms with Gasteiger partial charge in [-0.15, -0.1) is 11.6 Å². The van der Waals surface area contributed by atoms with E-state index in [9.17, 15) is 0 Å². The molecule has 0 N–H and O–H groups in total. The molecule has 66 valence electrons. The zero-order valence-corrected chi connectivity index (χ0v) is 8.70. The molecule has 0 aliphatic carbocycles. The third kappa shape index (κ3) is 5.14. The Kier molecular flexibility index (Phi) is 3.95. The van der Waals surface area contributed by atoms with Gasteiger partial charge in [0.05, 0.1) is 5.38 Å². The van der Waals surface area contributed by atoms with Crippen LogP contribution in [0.5, 0.6) is 0 Å². The van der Waals surface area contributed by atoms with E-state index in [1.807, 2.05) is 40.7 Å². The van der Waals surface area contributed by atoms with Crippen LogP contribution in [0.1, 0.15) is 34.6 Å². The molecule has 0 saturated carbocycles. The maximum atomic E-state index is 5.86. The van der Waals surface area contributed by atoms with Crippen molar-refractivity contribution in [3.63, 3.8) is 0 Å². The van der Waals surface area contributed by atoms with Crippen molar-refractivity contribution in [2.24, 2.45) is 0 Å². The van der Waals surface area contributed by atoms with Gasteiger partial charge in [0.2, 0.25) is 0 Å². The van der Waals surface area contributed by atoms with Crippen molar-refractivity contribution in [2.45, 2.75) is 45.6 Å². The SMILES string of the molecule is C/C=C(\OC(C)(C)C)C(C)Cl. The van der Waals surface area contributed by atoms with E-state index in [-0.39, 0.29) is 11.0 Å². The quantitative estimate of drug-likeness (QED) is 0.463. The second kappa shape index (κ2) is 4.01. The summed E-state index contributed by atoms with van der Waals surface area (Å²) in [5.74, 6) is 0.846. The number of rotatable bonds is 2. The smallest absolute Gasteiger partial charge is 0.110 e. The molecule has 1 nitrogen and oxygen atoms in total. The van der Waals surface area contributed by atoms with Gasteiger partial charge in [0.15, 0.2) is 0 Å². The Morgan fingerprint density at radius 3 is 2.00 bits per heavy atom. The fourth-order valence-corrected chi connectivity index (χ4v) is 0.894. The average Bonchev–Trinajstić information content (AvgIpc) is 1.80. The lowest BCUT2D eigenvalue weighted by molar-refractivity contribution is 0.0486. The summed E-state index contributed by atoms with van der Waals surface area (Å²) in [5.41, 5.74) is -0.148. The maximum Gasteiger partial charge on any atom is 0.110 e. The van der Waals surface area contributed by atoms with Crippen LogP contribution in [0.4, 0.5) is 0 Å². The number of hydrogen-bond donors (Lipinski definition) is 0. The maximum absolute atomic E-state index is 5.86. The zero-order valence-electron chi connectivity index (χ0n) is 7.94. The van der Waals surface area contributed by atoms with Crippen LogP contribution < -0.4 is 0 Å². The van der Waals surface area contributed by atoms with Crippen LogP contribution in [-0.2, 0) is 4.74 Å². The molecule has 0 aromatic heterocycles. The molecule has 0 aromatic rings. The van der Waals surface area contributed by atoms with Gasteiger partial charge in [-0.2, -0.15) is 0 Å². The summed E-state index contributed by atoms with van der Waals surface area (Å²) in [6.45, 7) is 9.86. The molecule has 0 heterocycles. The van der Waals surface area contributed by atoms with Gasteiger partial charge in [0.25, 0.3) is 0 Å². The molecule has 0 aliphatic heterocycles. The minimum atomic E-state index is -0.148.